The maximum atomic E-state index is 13.1. The second kappa shape index (κ2) is 10.6. The van der Waals surface area contributed by atoms with Crippen LogP contribution in [-0.2, 0) is 14.3 Å². The second-order valence-electron chi connectivity index (χ2n) is 9.27. The fourth-order valence-corrected chi connectivity index (χ4v) is 6.02. The molecule has 35 heavy (non-hydrogen) atoms. The molecule has 0 heterocycles. The van der Waals surface area contributed by atoms with Gasteiger partial charge < -0.3 is 10.1 Å². The van der Waals surface area contributed by atoms with Crippen LogP contribution in [0.1, 0.15) is 60.9 Å². The highest BCUT2D eigenvalue weighted by Crippen LogP contribution is 2.42. The molecule has 1 fully saturated rings. The first-order chi connectivity index (χ1) is 17.1. The third kappa shape index (κ3) is 5.13. The van der Waals surface area contributed by atoms with Gasteiger partial charge in [0.15, 0.2) is 12.4 Å². The fraction of sp³-hybridized carbons (Fsp3) is 0.345. The monoisotopic (exact) mass is 487 g/mol. The lowest BCUT2D eigenvalue weighted by Crippen LogP contribution is -2.38. The Morgan fingerprint density at radius 1 is 0.829 bits per heavy atom. The number of ether oxygens (including phenoxy) is 1. The maximum absolute atomic E-state index is 13.1. The molecule has 1 amide bonds. The Kier molecular flexibility index (Phi) is 7.19. The predicted molar refractivity (Wildman–Crippen MR) is 139 cm³/mol. The lowest BCUT2D eigenvalue weighted by Gasteiger charge is -2.21. The molecule has 3 aromatic rings. The summed E-state index contributed by atoms with van der Waals surface area (Å²) in [5.74, 6) is -0.534. The highest BCUT2D eigenvalue weighted by atomic mass is 32.2. The molecule has 2 aliphatic rings. The normalized spacial score (nSPS) is 15.7. The van der Waals surface area contributed by atoms with Crippen molar-refractivity contribution in [2.75, 3.05) is 12.4 Å². The van der Waals surface area contributed by atoms with Crippen LogP contribution in [0.2, 0.25) is 0 Å². The molecule has 5 nitrogen and oxygen atoms in total. The SMILES string of the molecule is O=C(COC(=O)CSc1ccc2c3c(cccc13)C(=O)c1ccccc1-2)NC1CCCCCCC1. The summed E-state index contributed by atoms with van der Waals surface area (Å²) in [6.45, 7) is -0.245. The summed E-state index contributed by atoms with van der Waals surface area (Å²) in [6.07, 6.45) is 7.97. The quantitative estimate of drug-likeness (QED) is 0.270. The van der Waals surface area contributed by atoms with Crippen LogP contribution in [0.4, 0.5) is 0 Å². The van der Waals surface area contributed by atoms with E-state index in [1.54, 1.807) is 0 Å². The highest BCUT2D eigenvalue weighted by Gasteiger charge is 2.25. The van der Waals surface area contributed by atoms with Crippen LogP contribution >= 0.6 is 11.8 Å². The Bertz CT molecular complexity index is 1280. The van der Waals surface area contributed by atoms with Crippen molar-refractivity contribution < 1.29 is 19.1 Å². The zero-order valence-electron chi connectivity index (χ0n) is 19.7. The summed E-state index contributed by atoms with van der Waals surface area (Å²) in [4.78, 5) is 38.7. The van der Waals surface area contributed by atoms with Crippen LogP contribution in [-0.4, -0.2) is 36.1 Å². The van der Waals surface area contributed by atoms with E-state index in [1.807, 2.05) is 54.6 Å². The van der Waals surface area contributed by atoms with E-state index < -0.39 is 5.97 Å². The van der Waals surface area contributed by atoms with Crippen molar-refractivity contribution in [3.05, 3.63) is 65.7 Å². The molecule has 0 aromatic heterocycles. The van der Waals surface area contributed by atoms with Crippen molar-refractivity contribution in [3.63, 3.8) is 0 Å². The summed E-state index contributed by atoms with van der Waals surface area (Å²) in [7, 11) is 0. The summed E-state index contributed by atoms with van der Waals surface area (Å²) < 4.78 is 5.25. The average Bonchev–Trinajstić information content (AvgIpc) is 2.86. The molecule has 6 heteroatoms. The number of hydrogen-bond donors (Lipinski definition) is 1. The number of rotatable bonds is 6. The molecular weight excluding hydrogens is 458 g/mol. The van der Waals surface area contributed by atoms with Crippen molar-refractivity contribution in [2.24, 2.45) is 0 Å². The molecular formula is C29H29NO4S. The second-order valence-corrected chi connectivity index (χ2v) is 10.3. The van der Waals surface area contributed by atoms with Crippen molar-refractivity contribution in [3.8, 4) is 11.1 Å². The highest BCUT2D eigenvalue weighted by molar-refractivity contribution is 8.00. The van der Waals surface area contributed by atoms with Gasteiger partial charge in [-0.3, -0.25) is 14.4 Å². The van der Waals surface area contributed by atoms with E-state index >= 15 is 0 Å². The van der Waals surface area contributed by atoms with Crippen molar-refractivity contribution >= 4 is 40.2 Å². The maximum Gasteiger partial charge on any atom is 0.316 e. The lowest BCUT2D eigenvalue weighted by atomic mass is 9.83. The van der Waals surface area contributed by atoms with Crippen LogP contribution in [0.3, 0.4) is 0 Å². The largest absolute Gasteiger partial charge is 0.455 e. The number of hydrogen-bond acceptors (Lipinski definition) is 5. The molecule has 0 bridgehead atoms. The number of thioether (sulfide) groups is 1. The van der Waals surface area contributed by atoms with E-state index in [9.17, 15) is 14.4 Å². The first-order valence-corrected chi connectivity index (χ1v) is 13.4. The van der Waals surface area contributed by atoms with E-state index in [4.69, 9.17) is 4.74 Å². The fourth-order valence-electron chi connectivity index (χ4n) is 5.17. The van der Waals surface area contributed by atoms with Gasteiger partial charge in [0.2, 0.25) is 0 Å². The van der Waals surface area contributed by atoms with Gasteiger partial charge in [0.25, 0.3) is 5.91 Å². The summed E-state index contributed by atoms with van der Waals surface area (Å²) in [5, 5.41) is 4.89. The average molecular weight is 488 g/mol. The van der Waals surface area contributed by atoms with Gasteiger partial charge in [-0.25, -0.2) is 0 Å². The van der Waals surface area contributed by atoms with Crippen molar-refractivity contribution in [1.82, 2.24) is 5.32 Å². The van der Waals surface area contributed by atoms with E-state index in [0.717, 1.165) is 52.5 Å². The number of ketones is 1. The Morgan fingerprint density at radius 3 is 2.34 bits per heavy atom. The number of carbonyl (C=O) groups excluding carboxylic acids is 3. The van der Waals surface area contributed by atoms with Crippen LogP contribution in [0.5, 0.6) is 0 Å². The minimum absolute atomic E-state index is 0.0237. The van der Waals surface area contributed by atoms with Crippen LogP contribution in [0, 0.1) is 0 Å². The van der Waals surface area contributed by atoms with Gasteiger partial charge in [-0.1, -0.05) is 80.6 Å². The van der Waals surface area contributed by atoms with Crippen LogP contribution in [0.25, 0.3) is 21.9 Å². The zero-order valence-corrected chi connectivity index (χ0v) is 20.5. The van der Waals surface area contributed by atoms with E-state index in [0.29, 0.717) is 11.1 Å². The molecule has 180 valence electrons. The lowest BCUT2D eigenvalue weighted by molar-refractivity contribution is -0.146. The molecule has 0 unspecified atom stereocenters. The first kappa shape index (κ1) is 23.6. The van der Waals surface area contributed by atoms with Gasteiger partial charge >= 0.3 is 5.97 Å². The number of fused-ring (bicyclic) bond motifs is 2. The first-order valence-electron chi connectivity index (χ1n) is 12.4. The van der Waals surface area contributed by atoms with Gasteiger partial charge in [0.05, 0.1) is 5.75 Å². The Labute approximate surface area is 209 Å². The molecule has 0 saturated heterocycles. The molecule has 5 rings (SSSR count). The van der Waals surface area contributed by atoms with Gasteiger partial charge in [-0.15, -0.1) is 11.8 Å². The molecule has 2 aliphatic carbocycles. The van der Waals surface area contributed by atoms with Gasteiger partial charge in [0.1, 0.15) is 0 Å². The Hall–Kier alpha value is -3.12. The number of nitrogens with one attached hydrogen (secondary N) is 1. The molecule has 0 atom stereocenters. The molecule has 0 radical (unpaired) electrons. The van der Waals surface area contributed by atoms with E-state index in [1.165, 1.54) is 31.0 Å². The van der Waals surface area contributed by atoms with Crippen molar-refractivity contribution in [2.45, 2.75) is 55.9 Å². The number of esters is 1. The molecule has 0 aliphatic heterocycles. The number of benzene rings is 3. The Balaban J connectivity index is 1.22. The number of amides is 1. The minimum Gasteiger partial charge on any atom is -0.455 e. The van der Waals surface area contributed by atoms with Gasteiger partial charge in [-0.2, -0.15) is 0 Å². The molecule has 1 N–H and O–H groups in total. The van der Waals surface area contributed by atoms with E-state index in [-0.39, 0.29) is 30.1 Å². The topological polar surface area (TPSA) is 72.5 Å². The van der Waals surface area contributed by atoms with Crippen LogP contribution in [0.15, 0.2) is 59.5 Å². The third-order valence-electron chi connectivity index (χ3n) is 6.89. The standard InChI is InChI=1S/C29H29NO4S/c31-26(30-19-9-4-2-1-3-5-10-19)17-34-27(32)18-35-25-16-15-21-20-11-6-7-12-22(20)29(33)24-14-8-13-23(25)28(21)24/h6-8,11-16,19H,1-5,9-10,17-18H2,(H,30,31). The predicted octanol–water partition coefficient (Wildman–Crippen LogP) is 5.92. The third-order valence-corrected chi connectivity index (χ3v) is 7.93. The number of carbonyl (C=O) groups is 3. The molecule has 0 spiro atoms. The Morgan fingerprint density at radius 2 is 1.54 bits per heavy atom. The smallest absolute Gasteiger partial charge is 0.316 e. The minimum atomic E-state index is -0.426. The van der Waals surface area contributed by atoms with Gasteiger partial charge in [0, 0.05) is 27.5 Å². The zero-order chi connectivity index (χ0) is 24.2. The summed E-state index contributed by atoms with van der Waals surface area (Å²) >= 11 is 1.37. The van der Waals surface area contributed by atoms with E-state index in [2.05, 4.69) is 5.32 Å². The molecule has 3 aromatic carbocycles. The van der Waals surface area contributed by atoms with Crippen LogP contribution < -0.4 is 5.32 Å². The van der Waals surface area contributed by atoms with Crippen molar-refractivity contribution in [1.29, 1.82) is 0 Å². The van der Waals surface area contributed by atoms with Gasteiger partial charge in [-0.05, 0) is 35.4 Å². The molecule has 1 saturated carbocycles. The summed E-state index contributed by atoms with van der Waals surface area (Å²) in [6, 6.07) is 17.6. The summed E-state index contributed by atoms with van der Waals surface area (Å²) in [5.41, 5.74) is 3.37.